The Morgan fingerprint density at radius 3 is 2.94 bits per heavy atom. The summed E-state index contributed by atoms with van der Waals surface area (Å²) in [5.74, 6) is 1.80. The van der Waals surface area contributed by atoms with Gasteiger partial charge in [0.2, 0.25) is 11.8 Å². The normalized spacial score (nSPS) is 12.5. The molecule has 6 heteroatoms. The zero-order valence-corrected chi connectivity index (χ0v) is 11.3. The van der Waals surface area contributed by atoms with Gasteiger partial charge in [0.1, 0.15) is 0 Å². The molecule has 1 aromatic heterocycles. The summed E-state index contributed by atoms with van der Waals surface area (Å²) in [7, 11) is -0.741. The highest BCUT2D eigenvalue weighted by Gasteiger charge is 2.01. The van der Waals surface area contributed by atoms with Crippen LogP contribution in [0.2, 0.25) is 0 Å². The number of aromatic nitrogens is 2. The predicted octanol–water partition coefficient (Wildman–Crippen LogP) is 1.44. The van der Waals surface area contributed by atoms with Gasteiger partial charge in [-0.15, -0.1) is 0 Å². The Balaban J connectivity index is 2.40. The van der Waals surface area contributed by atoms with E-state index < -0.39 is 10.8 Å². The van der Waals surface area contributed by atoms with Crippen molar-refractivity contribution in [3.63, 3.8) is 0 Å². The van der Waals surface area contributed by atoms with Gasteiger partial charge >= 0.3 is 0 Å². The fourth-order valence-corrected chi connectivity index (χ4v) is 1.76. The van der Waals surface area contributed by atoms with Gasteiger partial charge in [-0.25, -0.2) is 4.98 Å². The van der Waals surface area contributed by atoms with Gasteiger partial charge in [0.05, 0.1) is 6.10 Å². The van der Waals surface area contributed by atoms with Crippen LogP contribution < -0.4 is 10.1 Å². The third-order valence-corrected chi connectivity index (χ3v) is 2.74. The van der Waals surface area contributed by atoms with Crippen molar-refractivity contribution in [3.05, 3.63) is 12.3 Å². The fraction of sp³-hybridized carbons (Fsp3) is 0.636. The number of rotatable bonds is 7. The molecule has 0 aromatic carbocycles. The lowest BCUT2D eigenvalue weighted by Crippen LogP contribution is -2.11. The standard InChI is InChI=1S/C11H19N3O2S/c1-9(2)16-10-5-7-13-11(14-10)12-6-4-8-17(3)15/h5,7,9H,4,6,8H2,1-3H3,(H,12,13,14). The summed E-state index contributed by atoms with van der Waals surface area (Å²) in [6, 6.07) is 1.73. The van der Waals surface area contributed by atoms with E-state index in [9.17, 15) is 4.21 Å². The Labute approximate surface area is 104 Å². The second kappa shape index (κ2) is 7.21. The molecule has 1 heterocycles. The Morgan fingerprint density at radius 2 is 2.29 bits per heavy atom. The molecule has 1 atom stereocenters. The minimum Gasteiger partial charge on any atom is -0.475 e. The first-order valence-corrected chi connectivity index (χ1v) is 7.34. The summed E-state index contributed by atoms with van der Waals surface area (Å²) in [5, 5.41) is 3.08. The maximum atomic E-state index is 10.9. The highest BCUT2D eigenvalue weighted by Crippen LogP contribution is 2.09. The van der Waals surface area contributed by atoms with Crippen molar-refractivity contribution >= 4 is 16.7 Å². The van der Waals surface area contributed by atoms with E-state index in [0.29, 0.717) is 24.1 Å². The van der Waals surface area contributed by atoms with Crippen LogP contribution in [0.4, 0.5) is 5.95 Å². The lowest BCUT2D eigenvalue weighted by atomic mass is 10.5. The molecule has 1 unspecified atom stereocenters. The molecular formula is C11H19N3O2S. The fourth-order valence-electron chi connectivity index (χ4n) is 1.21. The molecule has 0 aliphatic carbocycles. The van der Waals surface area contributed by atoms with Crippen LogP contribution in [-0.4, -0.2) is 38.8 Å². The number of hydrogen-bond acceptors (Lipinski definition) is 5. The van der Waals surface area contributed by atoms with Crippen LogP contribution in [0.25, 0.3) is 0 Å². The van der Waals surface area contributed by atoms with E-state index in [1.165, 1.54) is 0 Å². The van der Waals surface area contributed by atoms with Crippen molar-refractivity contribution in [1.29, 1.82) is 0 Å². The van der Waals surface area contributed by atoms with Crippen molar-refractivity contribution in [1.82, 2.24) is 9.97 Å². The van der Waals surface area contributed by atoms with Crippen molar-refractivity contribution in [2.75, 3.05) is 23.9 Å². The van der Waals surface area contributed by atoms with Crippen molar-refractivity contribution in [3.8, 4) is 5.88 Å². The van der Waals surface area contributed by atoms with Gasteiger partial charge in [-0.05, 0) is 20.3 Å². The van der Waals surface area contributed by atoms with Crippen molar-refractivity contribution in [2.45, 2.75) is 26.4 Å². The van der Waals surface area contributed by atoms with E-state index in [2.05, 4.69) is 15.3 Å². The molecule has 17 heavy (non-hydrogen) atoms. The lowest BCUT2D eigenvalue weighted by molar-refractivity contribution is 0.232. The molecule has 1 N–H and O–H groups in total. The highest BCUT2D eigenvalue weighted by molar-refractivity contribution is 7.84. The van der Waals surface area contributed by atoms with Gasteiger partial charge in [-0.1, -0.05) is 0 Å². The van der Waals surface area contributed by atoms with Crippen molar-refractivity contribution in [2.24, 2.45) is 0 Å². The smallest absolute Gasteiger partial charge is 0.225 e. The van der Waals surface area contributed by atoms with Crippen LogP contribution in [-0.2, 0) is 10.8 Å². The van der Waals surface area contributed by atoms with E-state index in [1.54, 1.807) is 18.5 Å². The molecule has 0 saturated heterocycles. The molecular weight excluding hydrogens is 238 g/mol. The second-order valence-corrected chi connectivity index (χ2v) is 5.50. The first kappa shape index (κ1) is 13.9. The van der Waals surface area contributed by atoms with E-state index in [4.69, 9.17) is 4.74 Å². The molecule has 0 radical (unpaired) electrons. The van der Waals surface area contributed by atoms with E-state index in [-0.39, 0.29) is 6.10 Å². The molecule has 1 aromatic rings. The first-order valence-electron chi connectivity index (χ1n) is 5.61. The molecule has 0 amide bonds. The molecule has 0 spiro atoms. The molecule has 0 fully saturated rings. The first-order chi connectivity index (χ1) is 8.08. The monoisotopic (exact) mass is 257 g/mol. The van der Waals surface area contributed by atoms with Crippen LogP contribution in [0.1, 0.15) is 20.3 Å². The second-order valence-electron chi connectivity index (χ2n) is 3.94. The van der Waals surface area contributed by atoms with Gasteiger partial charge in [-0.2, -0.15) is 4.98 Å². The van der Waals surface area contributed by atoms with Crippen LogP contribution in [0.3, 0.4) is 0 Å². The van der Waals surface area contributed by atoms with Crippen LogP contribution in [0.5, 0.6) is 5.88 Å². The van der Waals surface area contributed by atoms with Gasteiger partial charge in [-0.3, -0.25) is 4.21 Å². The molecule has 0 aliphatic heterocycles. The molecule has 0 saturated carbocycles. The lowest BCUT2D eigenvalue weighted by Gasteiger charge is -2.09. The molecule has 1 rings (SSSR count). The SMILES string of the molecule is CC(C)Oc1ccnc(NCCCS(C)=O)n1. The van der Waals surface area contributed by atoms with E-state index in [1.807, 2.05) is 13.8 Å². The summed E-state index contributed by atoms with van der Waals surface area (Å²) in [5.41, 5.74) is 0. The summed E-state index contributed by atoms with van der Waals surface area (Å²) in [6.07, 6.45) is 4.29. The molecule has 5 nitrogen and oxygen atoms in total. The summed E-state index contributed by atoms with van der Waals surface area (Å²) >= 11 is 0. The Morgan fingerprint density at radius 1 is 1.53 bits per heavy atom. The number of nitrogens with zero attached hydrogens (tertiary/aromatic N) is 2. The number of anilines is 1. The van der Waals surface area contributed by atoms with Crippen LogP contribution in [0, 0.1) is 0 Å². The third kappa shape index (κ3) is 6.21. The average Bonchev–Trinajstić information content (AvgIpc) is 2.24. The van der Waals surface area contributed by atoms with E-state index in [0.717, 1.165) is 6.42 Å². The largest absolute Gasteiger partial charge is 0.475 e. The average molecular weight is 257 g/mol. The summed E-state index contributed by atoms with van der Waals surface area (Å²) in [4.78, 5) is 8.29. The van der Waals surface area contributed by atoms with Gasteiger partial charge in [0.15, 0.2) is 0 Å². The van der Waals surface area contributed by atoms with Crippen LogP contribution in [0.15, 0.2) is 12.3 Å². The number of ether oxygens (including phenoxy) is 1. The number of hydrogen-bond donors (Lipinski definition) is 1. The summed E-state index contributed by atoms with van der Waals surface area (Å²) in [6.45, 7) is 4.61. The Bertz CT molecular complexity index is 371. The quantitative estimate of drug-likeness (QED) is 0.749. The molecule has 96 valence electrons. The van der Waals surface area contributed by atoms with Gasteiger partial charge in [0, 0.05) is 41.6 Å². The summed E-state index contributed by atoms with van der Waals surface area (Å²) < 4.78 is 16.3. The zero-order chi connectivity index (χ0) is 12.7. The van der Waals surface area contributed by atoms with Gasteiger partial charge in [0.25, 0.3) is 0 Å². The predicted molar refractivity (Wildman–Crippen MR) is 69.8 cm³/mol. The maximum Gasteiger partial charge on any atom is 0.225 e. The minimum atomic E-state index is -0.741. The zero-order valence-electron chi connectivity index (χ0n) is 10.5. The van der Waals surface area contributed by atoms with Crippen molar-refractivity contribution < 1.29 is 8.95 Å². The minimum absolute atomic E-state index is 0.0975. The molecule has 0 bridgehead atoms. The highest BCUT2D eigenvalue weighted by atomic mass is 32.2. The number of nitrogens with one attached hydrogen (secondary N) is 1. The topological polar surface area (TPSA) is 64.1 Å². The van der Waals surface area contributed by atoms with E-state index >= 15 is 0 Å². The molecule has 0 aliphatic rings. The van der Waals surface area contributed by atoms with Gasteiger partial charge < -0.3 is 10.1 Å². The Hall–Kier alpha value is -1.17. The third-order valence-electron chi connectivity index (χ3n) is 1.88. The Kier molecular flexibility index (Phi) is 5.90. The van der Waals surface area contributed by atoms with Crippen LogP contribution >= 0.6 is 0 Å². The maximum absolute atomic E-state index is 10.9.